The van der Waals surface area contributed by atoms with Crippen molar-refractivity contribution < 1.29 is 9.59 Å². The molecule has 1 saturated carbocycles. The number of likely N-dealkylation sites (tertiary alicyclic amines) is 1. The molecule has 2 aliphatic rings. The summed E-state index contributed by atoms with van der Waals surface area (Å²) in [5.41, 5.74) is 5.69. The molecule has 2 fully saturated rings. The molecule has 19 heavy (non-hydrogen) atoms. The van der Waals surface area contributed by atoms with Crippen LogP contribution in [-0.4, -0.2) is 48.6 Å². The number of urea groups is 1. The van der Waals surface area contributed by atoms with Gasteiger partial charge in [-0.1, -0.05) is 0 Å². The molecule has 1 heterocycles. The van der Waals surface area contributed by atoms with Crippen molar-refractivity contribution in [3.8, 4) is 0 Å². The van der Waals surface area contributed by atoms with Gasteiger partial charge >= 0.3 is 6.03 Å². The molecule has 2 unspecified atom stereocenters. The fourth-order valence-electron chi connectivity index (χ4n) is 2.47. The van der Waals surface area contributed by atoms with E-state index in [0.29, 0.717) is 18.5 Å². The largest absolute Gasteiger partial charge is 0.335 e. The molecule has 2 atom stereocenters. The molecule has 0 aromatic rings. The third-order valence-electron chi connectivity index (χ3n) is 3.95. The second-order valence-corrected chi connectivity index (χ2v) is 5.75. The molecule has 4 N–H and O–H groups in total. The number of carbonyl (C=O) groups excluding carboxylic acids is 2. The molecule has 1 aliphatic heterocycles. The first-order valence-electron chi connectivity index (χ1n) is 7.13. The van der Waals surface area contributed by atoms with Crippen LogP contribution in [0.25, 0.3) is 0 Å². The fraction of sp³-hybridized carbons (Fsp3) is 0.846. The molecule has 0 aromatic carbocycles. The minimum absolute atomic E-state index is 0.234. The quantitative estimate of drug-likeness (QED) is 0.671. The first-order valence-corrected chi connectivity index (χ1v) is 7.13. The van der Waals surface area contributed by atoms with E-state index in [4.69, 9.17) is 5.73 Å². The highest BCUT2D eigenvalue weighted by atomic mass is 16.2. The maximum absolute atomic E-state index is 11.8. The lowest BCUT2D eigenvalue weighted by atomic mass is 9.93. The van der Waals surface area contributed by atoms with Gasteiger partial charge in [0.25, 0.3) is 0 Å². The van der Waals surface area contributed by atoms with Gasteiger partial charge in [-0.25, -0.2) is 4.79 Å². The van der Waals surface area contributed by atoms with E-state index in [-0.39, 0.29) is 24.5 Å². The molecule has 1 aliphatic carbocycles. The van der Waals surface area contributed by atoms with Crippen LogP contribution in [0.15, 0.2) is 0 Å². The Morgan fingerprint density at radius 1 is 1.26 bits per heavy atom. The summed E-state index contributed by atoms with van der Waals surface area (Å²) < 4.78 is 0. The molecule has 3 amide bonds. The van der Waals surface area contributed by atoms with Crippen molar-refractivity contribution in [3.05, 3.63) is 0 Å². The van der Waals surface area contributed by atoms with E-state index in [0.717, 1.165) is 32.2 Å². The second-order valence-electron chi connectivity index (χ2n) is 5.75. The topological polar surface area (TPSA) is 87.5 Å². The van der Waals surface area contributed by atoms with E-state index in [2.05, 4.69) is 22.5 Å². The van der Waals surface area contributed by atoms with Crippen LogP contribution in [-0.2, 0) is 4.79 Å². The van der Waals surface area contributed by atoms with Crippen LogP contribution in [0, 0.1) is 5.92 Å². The molecular formula is C13H24N4O2. The summed E-state index contributed by atoms with van der Waals surface area (Å²) in [6, 6.07) is 0.274. The second kappa shape index (κ2) is 6.34. The van der Waals surface area contributed by atoms with Crippen LogP contribution in [0.1, 0.15) is 32.6 Å². The zero-order valence-electron chi connectivity index (χ0n) is 11.5. The number of nitrogens with one attached hydrogen (secondary N) is 2. The number of hydrogen-bond acceptors (Lipinski definition) is 4. The van der Waals surface area contributed by atoms with Crippen molar-refractivity contribution in [2.24, 2.45) is 11.7 Å². The van der Waals surface area contributed by atoms with Crippen LogP contribution in [0.3, 0.4) is 0 Å². The van der Waals surface area contributed by atoms with E-state index in [1.807, 2.05) is 0 Å². The van der Waals surface area contributed by atoms with E-state index < -0.39 is 0 Å². The highest BCUT2D eigenvalue weighted by Gasteiger charge is 2.27. The summed E-state index contributed by atoms with van der Waals surface area (Å²) in [6.45, 7) is 3.89. The van der Waals surface area contributed by atoms with Crippen molar-refractivity contribution in [1.29, 1.82) is 0 Å². The molecule has 0 radical (unpaired) electrons. The van der Waals surface area contributed by atoms with Crippen LogP contribution < -0.4 is 16.4 Å². The van der Waals surface area contributed by atoms with Crippen LogP contribution in [0.4, 0.5) is 4.79 Å². The summed E-state index contributed by atoms with van der Waals surface area (Å²) in [7, 11) is 0. The van der Waals surface area contributed by atoms with Crippen LogP contribution in [0.5, 0.6) is 0 Å². The number of piperidine rings is 1. The first-order chi connectivity index (χ1) is 9.08. The van der Waals surface area contributed by atoms with E-state index in [9.17, 15) is 9.59 Å². The molecule has 6 nitrogen and oxygen atoms in total. The zero-order chi connectivity index (χ0) is 13.8. The summed E-state index contributed by atoms with van der Waals surface area (Å²) in [4.78, 5) is 25.4. The lowest BCUT2D eigenvalue weighted by molar-refractivity contribution is -0.122. The van der Waals surface area contributed by atoms with E-state index in [1.54, 1.807) is 0 Å². The fourth-order valence-corrected chi connectivity index (χ4v) is 2.47. The van der Waals surface area contributed by atoms with Crippen molar-refractivity contribution in [3.63, 3.8) is 0 Å². The number of hydrogen-bond donors (Lipinski definition) is 3. The Kier molecular flexibility index (Phi) is 4.76. The monoisotopic (exact) mass is 268 g/mol. The van der Waals surface area contributed by atoms with Crippen molar-refractivity contribution in [1.82, 2.24) is 15.5 Å². The van der Waals surface area contributed by atoms with Gasteiger partial charge in [-0.15, -0.1) is 0 Å². The maximum Gasteiger partial charge on any atom is 0.321 e. The molecule has 0 spiro atoms. The van der Waals surface area contributed by atoms with Gasteiger partial charge in [-0.3, -0.25) is 15.0 Å². The van der Waals surface area contributed by atoms with Gasteiger partial charge < -0.3 is 11.1 Å². The highest BCUT2D eigenvalue weighted by molar-refractivity contribution is 5.95. The SMILES string of the molecule is CC1CCC(CN)CN1CC(=O)NC(=O)NC1CC1. The Balaban J connectivity index is 1.74. The Hall–Kier alpha value is -1.14. The number of amides is 3. The lowest BCUT2D eigenvalue weighted by Gasteiger charge is -2.37. The van der Waals surface area contributed by atoms with Crippen molar-refractivity contribution in [2.75, 3.05) is 19.6 Å². The summed E-state index contributed by atoms with van der Waals surface area (Å²) in [5, 5.41) is 5.13. The van der Waals surface area contributed by atoms with Crippen molar-refractivity contribution in [2.45, 2.75) is 44.7 Å². The van der Waals surface area contributed by atoms with Gasteiger partial charge in [0.15, 0.2) is 0 Å². The van der Waals surface area contributed by atoms with E-state index >= 15 is 0 Å². The Morgan fingerprint density at radius 2 is 2.00 bits per heavy atom. The number of nitrogens with zero attached hydrogens (tertiary/aromatic N) is 1. The van der Waals surface area contributed by atoms with Crippen molar-refractivity contribution >= 4 is 11.9 Å². The third-order valence-corrected chi connectivity index (χ3v) is 3.95. The maximum atomic E-state index is 11.8. The smallest absolute Gasteiger partial charge is 0.321 e. The summed E-state index contributed by atoms with van der Waals surface area (Å²) in [6.07, 6.45) is 4.22. The predicted octanol–water partition coefficient (Wildman–Crippen LogP) is 0.0338. The van der Waals surface area contributed by atoms with Gasteiger partial charge in [0, 0.05) is 18.6 Å². The number of rotatable bonds is 4. The van der Waals surface area contributed by atoms with Gasteiger partial charge in [-0.05, 0) is 45.1 Å². The molecule has 0 aromatic heterocycles. The van der Waals surface area contributed by atoms with Gasteiger partial charge in [0.1, 0.15) is 0 Å². The lowest BCUT2D eigenvalue weighted by Crippen LogP contribution is -2.50. The molecule has 1 saturated heterocycles. The van der Waals surface area contributed by atoms with Crippen LogP contribution in [0.2, 0.25) is 0 Å². The number of carbonyl (C=O) groups is 2. The standard InChI is InChI=1S/C13H24N4O2/c1-9-2-3-10(6-14)7-17(9)8-12(18)16-13(19)15-11-4-5-11/h9-11H,2-8,14H2,1H3,(H2,15,16,18,19). The highest BCUT2D eigenvalue weighted by Crippen LogP contribution is 2.20. The summed E-state index contributed by atoms with van der Waals surface area (Å²) >= 11 is 0. The molecule has 6 heteroatoms. The molecule has 2 rings (SSSR count). The average molecular weight is 268 g/mol. The summed E-state index contributed by atoms with van der Waals surface area (Å²) in [5.74, 6) is 0.229. The Labute approximate surface area is 114 Å². The number of nitrogens with two attached hydrogens (primary N) is 1. The zero-order valence-corrected chi connectivity index (χ0v) is 11.5. The predicted molar refractivity (Wildman–Crippen MR) is 72.5 cm³/mol. The van der Waals surface area contributed by atoms with Crippen LogP contribution >= 0.6 is 0 Å². The Bertz CT molecular complexity index is 344. The van der Waals surface area contributed by atoms with E-state index in [1.165, 1.54) is 0 Å². The van der Waals surface area contributed by atoms with Gasteiger partial charge in [0.2, 0.25) is 5.91 Å². The minimum Gasteiger partial charge on any atom is -0.335 e. The Morgan fingerprint density at radius 3 is 2.63 bits per heavy atom. The van der Waals surface area contributed by atoms with Gasteiger partial charge in [-0.2, -0.15) is 0 Å². The molecular weight excluding hydrogens is 244 g/mol. The normalized spacial score (nSPS) is 27.9. The number of imide groups is 1. The minimum atomic E-state index is -0.368. The molecule has 108 valence electrons. The van der Waals surface area contributed by atoms with Gasteiger partial charge in [0.05, 0.1) is 6.54 Å². The first kappa shape index (κ1) is 14.3. The average Bonchev–Trinajstić information content (AvgIpc) is 3.15. The molecule has 0 bridgehead atoms. The third kappa shape index (κ3) is 4.47.